The molecule has 1 aromatic rings. The fourth-order valence-corrected chi connectivity index (χ4v) is 3.67. The van der Waals surface area contributed by atoms with E-state index in [1.165, 1.54) is 32.1 Å². The van der Waals surface area contributed by atoms with Crippen LogP contribution in [0.5, 0.6) is 5.75 Å². The van der Waals surface area contributed by atoms with Crippen LogP contribution in [0.4, 0.5) is 18.0 Å². The van der Waals surface area contributed by atoms with Gasteiger partial charge in [0, 0.05) is 6.54 Å². The van der Waals surface area contributed by atoms with Gasteiger partial charge in [0.25, 0.3) is 6.43 Å². The second-order valence-electron chi connectivity index (χ2n) is 7.02. The second-order valence-corrected chi connectivity index (χ2v) is 7.02. The van der Waals surface area contributed by atoms with Crippen molar-refractivity contribution in [1.82, 2.24) is 10.6 Å². The van der Waals surface area contributed by atoms with Crippen molar-refractivity contribution in [3.05, 3.63) is 29.6 Å². The monoisotopic (exact) mass is 356 g/mol. The molecule has 2 fully saturated rings. The first-order chi connectivity index (χ1) is 11.9. The van der Waals surface area contributed by atoms with E-state index in [0.717, 1.165) is 25.3 Å². The molecule has 2 saturated carbocycles. The number of alkyl halides is 2. The molecule has 4 nitrogen and oxygen atoms in total. The van der Waals surface area contributed by atoms with Gasteiger partial charge >= 0.3 is 6.03 Å². The van der Waals surface area contributed by atoms with E-state index in [2.05, 4.69) is 10.6 Å². The molecule has 2 aliphatic carbocycles. The normalized spacial score (nSPS) is 19.9. The fourth-order valence-electron chi connectivity index (χ4n) is 3.67. The molecule has 0 aromatic heterocycles. The summed E-state index contributed by atoms with van der Waals surface area (Å²) in [5.74, 6) is -0.115. The molecule has 3 rings (SSSR count). The Hall–Kier alpha value is -1.92. The van der Waals surface area contributed by atoms with Crippen LogP contribution in [-0.2, 0) is 0 Å². The minimum Gasteiger partial charge on any atom is -0.494 e. The van der Waals surface area contributed by atoms with Gasteiger partial charge in [-0.15, -0.1) is 0 Å². The molecule has 0 heterocycles. The molecule has 138 valence electrons. The minimum absolute atomic E-state index is 0.00370. The number of ether oxygens (including phenoxy) is 1. The molecule has 0 saturated heterocycles. The number of amides is 2. The van der Waals surface area contributed by atoms with Crippen LogP contribution in [0.15, 0.2) is 18.2 Å². The second kappa shape index (κ2) is 7.14. The number of carbonyl (C=O) groups is 1. The van der Waals surface area contributed by atoms with Crippen molar-refractivity contribution in [2.24, 2.45) is 11.3 Å². The molecule has 0 spiro atoms. The molecule has 0 radical (unpaired) electrons. The Labute approximate surface area is 145 Å². The van der Waals surface area contributed by atoms with Crippen LogP contribution in [0.2, 0.25) is 0 Å². The standard InChI is InChI=1S/C18H23F3N2O2/c1-25-14-6-3-11(9-13(14)19)15(16(20)21)23-17(24)22-10-18(7-2-8-18)12-4-5-12/h3,6,9,12,15-16H,2,4-5,7-8,10H2,1H3,(H2,22,23,24)/t15-/m1/s1. The maximum absolute atomic E-state index is 13.8. The molecule has 0 unspecified atom stereocenters. The van der Waals surface area contributed by atoms with Crippen LogP contribution >= 0.6 is 0 Å². The van der Waals surface area contributed by atoms with Gasteiger partial charge < -0.3 is 15.4 Å². The first-order valence-electron chi connectivity index (χ1n) is 8.61. The number of halogens is 3. The summed E-state index contributed by atoms with van der Waals surface area (Å²) >= 11 is 0. The van der Waals surface area contributed by atoms with Gasteiger partial charge in [-0.05, 0) is 54.7 Å². The van der Waals surface area contributed by atoms with Gasteiger partial charge in [-0.25, -0.2) is 18.0 Å². The number of benzene rings is 1. The van der Waals surface area contributed by atoms with Gasteiger partial charge in [0.2, 0.25) is 0 Å². The van der Waals surface area contributed by atoms with Crippen molar-refractivity contribution in [1.29, 1.82) is 0 Å². The van der Waals surface area contributed by atoms with Crippen molar-refractivity contribution in [3.8, 4) is 5.75 Å². The lowest BCUT2D eigenvalue weighted by atomic mass is 9.65. The van der Waals surface area contributed by atoms with Crippen LogP contribution in [0.25, 0.3) is 0 Å². The highest BCUT2D eigenvalue weighted by molar-refractivity contribution is 5.74. The number of hydrogen-bond donors (Lipinski definition) is 2. The summed E-state index contributed by atoms with van der Waals surface area (Å²) in [4.78, 5) is 12.1. The maximum Gasteiger partial charge on any atom is 0.315 e. The molecule has 7 heteroatoms. The van der Waals surface area contributed by atoms with E-state index in [1.807, 2.05) is 0 Å². The topological polar surface area (TPSA) is 50.4 Å². The van der Waals surface area contributed by atoms with Gasteiger partial charge in [0.1, 0.15) is 6.04 Å². The highest BCUT2D eigenvalue weighted by Crippen LogP contribution is 2.56. The van der Waals surface area contributed by atoms with E-state index in [4.69, 9.17) is 4.74 Å². The van der Waals surface area contributed by atoms with Crippen LogP contribution in [-0.4, -0.2) is 26.1 Å². The van der Waals surface area contributed by atoms with Crippen molar-refractivity contribution in [2.75, 3.05) is 13.7 Å². The predicted molar refractivity (Wildman–Crippen MR) is 87.2 cm³/mol. The molecule has 2 aliphatic rings. The Kier molecular flexibility index (Phi) is 5.11. The van der Waals surface area contributed by atoms with Crippen molar-refractivity contribution in [2.45, 2.75) is 44.6 Å². The third-order valence-corrected chi connectivity index (χ3v) is 5.47. The number of urea groups is 1. The molecular formula is C18H23F3N2O2. The van der Waals surface area contributed by atoms with Crippen LogP contribution < -0.4 is 15.4 Å². The SMILES string of the molecule is COc1ccc([C@@H](NC(=O)NCC2(C3CC3)CCC2)C(F)F)cc1F. The summed E-state index contributed by atoms with van der Waals surface area (Å²) in [6.07, 6.45) is 2.85. The summed E-state index contributed by atoms with van der Waals surface area (Å²) in [6, 6.07) is 1.35. The number of carbonyl (C=O) groups excluding carboxylic acids is 1. The molecule has 0 bridgehead atoms. The van der Waals surface area contributed by atoms with Crippen LogP contribution in [0.1, 0.15) is 43.7 Å². The smallest absolute Gasteiger partial charge is 0.315 e. The quantitative estimate of drug-likeness (QED) is 0.775. The number of methoxy groups -OCH3 is 1. The zero-order valence-corrected chi connectivity index (χ0v) is 14.2. The first kappa shape index (κ1) is 17.9. The molecule has 2 N–H and O–H groups in total. The third-order valence-electron chi connectivity index (χ3n) is 5.47. The average Bonchev–Trinajstić information content (AvgIpc) is 3.36. The minimum atomic E-state index is -2.85. The summed E-state index contributed by atoms with van der Waals surface area (Å²) in [5.41, 5.74) is 0.160. The summed E-state index contributed by atoms with van der Waals surface area (Å²) in [6.45, 7) is 0.510. The highest BCUT2D eigenvalue weighted by Gasteiger charge is 2.49. The average molecular weight is 356 g/mol. The van der Waals surface area contributed by atoms with Gasteiger partial charge in [-0.1, -0.05) is 12.5 Å². The zero-order valence-electron chi connectivity index (χ0n) is 14.2. The van der Waals surface area contributed by atoms with Gasteiger partial charge in [-0.2, -0.15) is 0 Å². The third kappa shape index (κ3) is 3.85. The van der Waals surface area contributed by atoms with Crippen molar-refractivity contribution < 1.29 is 22.7 Å². The Morgan fingerprint density at radius 1 is 1.36 bits per heavy atom. The van der Waals surface area contributed by atoms with Crippen LogP contribution in [0.3, 0.4) is 0 Å². The molecular weight excluding hydrogens is 333 g/mol. The maximum atomic E-state index is 13.8. The van der Waals surface area contributed by atoms with Gasteiger partial charge in [0.05, 0.1) is 7.11 Å². The number of rotatable bonds is 7. The predicted octanol–water partition coefficient (Wildman–Crippen LogP) is 4.02. The van der Waals surface area contributed by atoms with E-state index in [1.54, 1.807) is 0 Å². The Bertz CT molecular complexity index is 631. The van der Waals surface area contributed by atoms with Gasteiger partial charge in [-0.3, -0.25) is 0 Å². The molecule has 1 atom stereocenters. The summed E-state index contributed by atoms with van der Waals surface area (Å²) in [5, 5.41) is 5.01. The van der Waals surface area contributed by atoms with E-state index < -0.39 is 24.3 Å². The fraction of sp³-hybridized carbons (Fsp3) is 0.611. The summed E-state index contributed by atoms with van der Waals surface area (Å²) in [7, 11) is 1.30. The zero-order chi connectivity index (χ0) is 18.0. The lowest BCUT2D eigenvalue weighted by molar-refractivity contribution is 0.0920. The lowest BCUT2D eigenvalue weighted by Crippen LogP contribution is -2.48. The highest BCUT2D eigenvalue weighted by atomic mass is 19.3. The largest absolute Gasteiger partial charge is 0.494 e. The molecule has 1 aromatic carbocycles. The lowest BCUT2D eigenvalue weighted by Gasteiger charge is -2.42. The van der Waals surface area contributed by atoms with E-state index in [9.17, 15) is 18.0 Å². The Balaban J connectivity index is 1.61. The van der Waals surface area contributed by atoms with Crippen molar-refractivity contribution in [3.63, 3.8) is 0 Å². The number of nitrogens with one attached hydrogen (secondary N) is 2. The molecule has 0 aliphatic heterocycles. The molecule has 2 amide bonds. The number of hydrogen-bond acceptors (Lipinski definition) is 2. The summed E-state index contributed by atoms with van der Waals surface area (Å²) < 4.78 is 45.3. The van der Waals surface area contributed by atoms with E-state index in [-0.39, 0.29) is 16.7 Å². The van der Waals surface area contributed by atoms with E-state index >= 15 is 0 Å². The van der Waals surface area contributed by atoms with Crippen molar-refractivity contribution >= 4 is 6.03 Å². The van der Waals surface area contributed by atoms with Gasteiger partial charge in [0.15, 0.2) is 11.6 Å². The van der Waals surface area contributed by atoms with Crippen LogP contribution in [0, 0.1) is 17.2 Å². The first-order valence-corrected chi connectivity index (χ1v) is 8.61. The molecule has 25 heavy (non-hydrogen) atoms. The van der Waals surface area contributed by atoms with E-state index in [0.29, 0.717) is 12.5 Å². The Morgan fingerprint density at radius 3 is 2.56 bits per heavy atom. The Morgan fingerprint density at radius 2 is 2.08 bits per heavy atom.